The van der Waals surface area contributed by atoms with Gasteiger partial charge in [0.1, 0.15) is 11.5 Å². The number of benzene rings is 1. The molecule has 0 atom stereocenters. The minimum Gasteiger partial charge on any atom is -0.238 e. The second-order valence-corrected chi connectivity index (χ2v) is 3.82. The fourth-order valence-electron chi connectivity index (χ4n) is 1.40. The van der Waals surface area contributed by atoms with Gasteiger partial charge in [0.05, 0.1) is 6.20 Å². The molecule has 0 saturated carbocycles. The number of rotatable bonds is 2. The van der Waals surface area contributed by atoms with E-state index in [2.05, 4.69) is 18.9 Å². The van der Waals surface area contributed by atoms with Gasteiger partial charge in [-0.15, -0.1) is 0 Å². The molecule has 0 aliphatic rings. The molecular formula is C12H13FN2. The van der Waals surface area contributed by atoms with Gasteiger partial charge in [0, 0.05) is 6.20 Å². The van der Waals surface area contributed by atoms with Gasteiger partial charge in [0.2, 0.25) is 0 Å². The van der Waals surface area contributed by atoms with E-state index in [1.807, 2.05) is 6.20 Å². The number of halogens is 1. The molecule has 2 nitrogen and oxygen atoms in total. The van der Waals surface area contributed by atoms with E-state index in [4.69, 9.17) is 0 Å². The van der Waals surface area contributed by atoms with Gasteiger partial charge in [-0.05, 0) is 23.6 Å². The highest BCUT2D eigenvalue weighted by atomic mass is 19.1. The minimum atomic E-state index is -0.254. The molecule has 0 aliphatic heterocycles. The highest BCUT2D eigenvalue weighted by molar-refractivity contribution is 5.33. The summed E-state index contributed by atoms with van der Waals surface area (Å²) in [7, 11) is 0. The Morgan fingerprint density at radius 3 is 2.60 bits per heavy atom. The lowest BCUT2D eigenvalue weighted by molar-refractivity contribution is 0.610. The summed E-state index contributed by atoms with van der Waals surface area (Å²) in [6.07, 6.45) is 3.64. The molecule has 0 radical (unpaired) electrons. The monoisotopic (exact) mass is 204 g/mol. The molecule has 1 aromatic carbocycles. The Morgan fingerprint density at radius 2 is 2.00 bits per heavy atom. The first-order valence-corrected chi connectivity index (χ1v) is 4.98. The van der Waals surface area contributed by atoms with Gasteiger partial charge in [0.15, 0.2) is 0 Å². The Balaban J connectivity index is 2.42. The Labute approximate surface area is 88.4 Å². The lowest BCUT2D eigenvalue weighted by Gasteiger charge is -2.02. The van der Waals surface area contributed by atoms with Gasteiger partial charge in [0.25, 0.3) is 0 Å². The Morgan fingerprint density at radius 1 is 1.27 bits per heavy atom. The number of para-hydroxylation sites is 1. The maximum Gasteiger partial charge on any atom is 0.148 e. The molecule has 15 heavy (non-hydrogen) atoms. The van der Waals surface area contributed by atoms with Gasteiger partial charge in [-0.25, -0.2) is 9.07 Å². The van der Waals surface area contributed by atoms with Crippen molar-refractivity contribution in [2.45, 2.75) is 19.8 Å². The molecule has 0 saturated heterocycles. The zero-order valence-electron chi connectivity index (χ0n) is 8.81. The van der Waals surface area contributed by atoms with E-state index in [1.54, 1.807) is 29.1 Å². The first-order chi connectivity index (χ1) is 7.18. The Hall–Kier alpha value is -1.64. The number of hydrogen-bond acceptors (Lipinski definition) is 1. The molecule has 0 spiro atoms. The van der Waals surface area contributed by atoms with Crippen LogP contribution in [0, 0.1) is 5.82 Å². The lowest BCUT2D eigenvalue weighted by Crippen LogP contribution is -1.97. The van der Waals surface area contributed by atoms with Crippen LogP contribution < -0.4 is 0 Å². The third kappa shape index (κ3) is 1.91. The van der Waals surface area contributed by atoms with Crippen molar-refractivity contribution in [1.29, 1.82) is 0 Å². The summed E-state index contributed by atoms with van der Waals surface area (Å²) in [5.74, 6) is 0.154. The first-order valence-electron chi connectivity index (χ1n) is 4.98. The van der Waals surface area contributed by atoms with E-state index >= 15 is 0 Å². The van der Waals surface area contributed by atoms with Crippen LogP contribution in [0.15, 0.2) is 36.7 Å². The molecule has 1 aromatic heterocycles. The Bertz CT molecular complexity index is 460. The van der Waals surface area contributed by atoms with E-state index in [9.17, 15) is 4.39 Å². The standard InChI is InChI=1S/C12H13FN2/c1-9(2)10-7-14-15(8-10)12-6-4-3-5-11(12)13/h3-9H,1-2H3. The van der Waals surface area contributed by atoms with E-state index in [0.29, 0.717) is 11.6 Å². The van der Waals surface area contributed by atoms with Crippen LogP contribution in [0.4, 0.5) is 4.39 Å². The maximum absolute atomic E-state index is 13.4. The van der Waals surface area contributed by atoms with Crippen molar-refractivity contribution in [3.8, 4) is 5.69 Å². The van der Waals surface area contributed by atoms with Crippen LogP contribution in [0.5, 0.6) is 0 Å². The summed E-state index contributed by atoms with van der Waals surface area (Å²) in [5, 5.41) is 4.15. The van der Waals surface area contributed by atoms with Crippen LogP contribution in [0.3, 0.4) is 0 Å². The average molecular weight is 204 g/mol. The summed E-state index contributed by atoms with van der Waals surface area (Å²) in [6.45, 7) is 4.17. The molecule has 0 unspecified atom stereocenters. The second-order valence-electron chi connectivity index (χ2n) is 3.82. The third-order valence-corrected chi connectivity index (χ3v) is 2.37. The van der Waals surface area contributed by atoms with Crippen LogP contribution in [-0.2, 0) is 0 Å². The van der Waals surface area contributed by atoms with Crippen LogP contribution in [0.2, 0.25) is 0 Å². The molecule has 78 valence electrons. The summed E-state index contributed by atoms with van der Waals surface area (Å²) in [5.41, 5.74) is 1.60. The molecule has 0 bridgehead atoms. The van der Waals surface area contributed by atoms with Gasteiger partial charge in [-0.3, -0.25) is 0 Å². The lowest BCUT2D eigenvalue weighted by atomic mass is 10.1. The number of hydrogen-bond donors (Lipinski definition) is 0. The van der Waals surface area contributed by atoms with Crippen molar-refractivity contribution in [2.24, 2.45) is 0 Å². The number of nitrogens with zero attached hydrogens (tertiary/aromatic N) is 2. The quantitative estimate of drug-likeness (QED) is 0.734. The van der Waals surface area contributed by atoms with Crippen LogP contribution in [-0.4, -0.2) is 9.78 Å². The second kappa shape index (κ2) is 3.85. The van der Waals surface area contributed by atoms with E-state index < -0.39 is 0 Å². The first kappa shape index (κ1) is 9.90. The maximum atomic E-state index is 13.4. The molecule has 2 rings (SSSR count). The van der Waals surface area contributed by atoms with Crippen LogP contribution in [0.1, 0.15) is 25.3 Å². The fraction of sp³-hybridized carbons (Fsp3) is 0.250. The molecule has 3 heteroatoms. The smallest absolute Gasteiger partial charge is 0.148 e. The van der Waals surface area contributed by atoms with Crippen molar-refractivity contribution in [1.82, 2.24) is 9.78 Å². The molecule has 0 aliphatic carbocycles. The highest BCUT2D eigenvalue weighted by Gasteiger charge is 2.07. The van der Waals surface area contributed by atoms with E-state index in [-0.39, 0.29) is 5.82 Å². The fourth-order valence-corrected chi connectivity index (χ4v) is 1.40. The van der Waals surface area contributed by atoms with Gasteiger partial charge in [-0.1, -0.05) is 26.0 Å². The zero-order chi connectivity index (χ0) is 10.8. The largest absolute Gasteiger partial charge is 0.238 e. The third-order valence-electron chi connectivity index (χ3n) is 2.37. The zero-order valence-corrected chi connectivity index (χ0v) is 8.81. The van der Waals surface area contributed by atoms with Crippen molar-refractivity contribution >= 4 is 0 Å². The molecular weight excluding hydrogens is 191 g/mol. The summed E-state index contributed by atoms with van der Waals surface area (Å²) in [4.78, 5) is 0. The Kier molecular flexibility index (Phi) is 2.54. The number of aromatic nitrogens is 2. The van der Waals surface area contributed by atoms with E-state index in [0.717, 1.165) is 5.56 Å². The van der Waals surface area contributed by atoms with Crippen LogP contribution in [0.25, 0.3) is 5.69 Å². The normalized spacial score (nSPS) is 10.9. The molecule has 0 amide bonds. The van der Waals surface area contributed by atoms with Gasteiger partial charge >= 0.3 is 0 Å². The highest BCUT2D eigenvalue weighted by Crippen LogP contribution is 2.17. The molecule has 0 N–H and O–H groups in total. The average Bonchev–Trinajstić information content (AvgIpc) is 2.67. The van der Waals surface area contributed by atoms with E-state index in [1.165, 1.54) is 6.07 Å². The van der Waals surface area contributed by atoms with Crippen molar-refractivity contribution in [2.75, 3.05) is 0 Å². The van der Waals surface area contributed by atoms with Crippen molar-refractivity contribution in [3.05, 3.63) is 48.0 Å². The summed E-state index contributed by atoms with van der Waals surface area (Å²) in [6, 6.07) is 6.62. The van der Waals surface area contributed by atoms with Gasteiger partial charge in [-0.2, -0.15) is 5.10 Å². The van der Waals surface area contributed by atoms with Crippen LogP contribution >= 0.6 is 0 Å². The van der Waals surface area contributed by atoms with Crippen molar-refractivity contribution < 1.29 is 4.39 Å². The predicted octanol–water partition coefficient (Wildman–Crippen LogP) is 3.13. The van der Waals surface area contributed by atoms with Crippen molar-refractivity contribution in [3.63, 3.8) is 0 Å². The summed E-state index contributed by atoms with van der Waals surface area (Å²) >= 11 is 0. The summed E-state index contributed by atoms with van der Waals surface area (Å²) < 4.78 is 15.0. The minimum absolute atomic E-state index is 0.254. The molecule has 1 heterocycles. The molecule has 0 fully saturated rings. The van der Waals surface area contributed by atoms with Gasteiger partial charge < -0.3 is 0 Å². The topological polar surface area (TPSA) is 17.8 Å². The molecule has 2 aromatic rings. The predicted molar refractivity (Wildman–Crippen MR) is 57.6 cm³/mol. The SMILES string of the molecule is CC(C)c1cnn(-c2ccccc2F)c1.